The molecule has 40 heavy (non-hydrogen) atoms. The third-order valence-corrected chi connectivity index (χ3v) is 11.2. The lowest BCUT2D eigenvalue weighted by Gasteiger charge is -2.39. The van der Waals surface area contributed by atoms with E-state index in [-0.39, 0.29) is 4.75 Å². The van der Waals surface area contributed by atoms with Gasteiger partial charge in [0.25, 0.3) is 0 Å². The van der Waals surface area contributed by atoms with Crippen molar-refractivity contribution in [2.75, 3.05) is 13.1 Å². The monoisotopic (exact) mass is 561 g/mol. The number of nitrogens with zero attached hydrogens (tertiary/aromatic N) is 3. The Hall–Kier alpha value is -1.57. The molecule has 0 N–H and O–H groups in total. The van der Waals surface area contributed by atoms with Crippen molar-refractivity contribution in [3.8, 4) is 6.07 Å². The number of rotatable bonds is 11. The smallest absolute Gasteiger partial charge is 0.0994 e. The second-order valence-electron chi connectivity index (χ2n) is 13.9. The van der Waals surface area contributed by atoms with E-state index in [9.17, 15) is 5.26 Å². The van der Waals surface area contributed by atoms with Crippen LogP contribution in [0.1, 0.15) is 124 Å². The first kappa shape index (κ1) is 31.4. The standard InChI is InChI=1S/C36H55N3S/c1-27-20-29(3)39(25-33-14-10-7-11-15-33)26-35(27)34(24-37)28(2)21-30-16-18-32(19-17-30)23-36(4,40-38-5)22-31-12-8-6-9-13-31/h16,18-19,29-31,33H,5-15,17,20-23,25-26H2,1-4H3/b34-28+. The van der Waals surface area contributed by atoms with Gasteiger partial charge in [-0.05, 0) is 115 Å². The van der Waals surface area contributed by atoms with Gasteiger partial charge in [-0.1, -0.05) is 86.3 Å². The minimum atomic E-state index is 0.127. The first-order valence-electron chi connectivity index (χ1n) is 16.3. The van der Waals surface area contributed by atoms with Crippen molar-refractivity contribution in [3.63, 3.8) is 0 Å². The summed E-state index contributed by atoms with van der Waals surface area (Å²) in [5.41, 5.74) is 6.43. The number of hydrogen-bond acceptors (Lipinski definition) is 4. The predicted octanol–water partition coefficient (Wildman–Crippen LogP) is 10.2. The molecule has 3 aliphatic carbocycles. The molecular formula is C36H55N3S. The molecule has 1 heterocycles. The zero-order valence-corrected chi connectivity index (χ0v) is 26.8. The Kier molecular flexibility index (Phi) is 11.8. The van der Waals surface area contributed by atoms with Crippen molar-refractivity contribution in [1.82, 2.24) is 4.90 Å². The van der Waals surface area contributed by atoms with E-state index in [1.54, 1.807) is 11.9 Å². The fourth-order valence-corrected chi connectivity index (χ4v) is 8.92. The summed E-state index contributed by atoms with van der Waals surface area (Å²) in [5.74, 6) is 2.15. The Balaban J connectivity index is 1.37. The molecule has 4 rings (SSSR count). The van der Waals surface area contributed by atoms with Crippen LogP contribution in [0, 0.1) is 29.1 Å². The maximum atomic E-state index is 10.3. The number of hydrogen-bond donors (Lipinski definition) is 0. The van der Waals surface area contributed by atoms with Gasteiger partial charge in [0.05, 0.1) is 11.6 Å². The maximum Gasteiger partial charge on any atom is 0.0994 e. The third kappa shape index (κ3) is 8.72. The average molecular weight is 562 g/mol. The largest absolute Gasteiger partial charge is 0.296 e. The molecular weight excluding hydrogens is 506 g/mol. The molecule has 3 atom stereocenters. The molecule has 0 aromatic carbocycles. The second kappa shape index (κ2) is 15.1. The van der Waals surface area contributed by atoms with E-state index in [0.29, 0.717) is 12.0 Å². The van der Waals surface area contributed by atoms with Gasteiger partial charge in [0.2, 0.25) is 0 Å². The van der Waals surface area contributed by atoms with Crippen LogP contribution in [0.25, 0.3) is 0 Å². The summed E-state index contributed by atoms with van der Waals surface area (Å²) in [6, 6.07) is 3.24. The quantitative estimate of drug-likeness (QED) is 0.143. The molecule has 3 nitrogen and oxygen atoms in total. The lowest BCUT2D eigenvalue weighted by molar-refractivity contribution is 0.160. The van der Waals surface area contributed by atoms with Crippen molar-refractivity contribution < 1.29 is 0 Å². The highest BCUT2D eigenvalue weighted by Crippen LogP contribution is 2.43. The van der Waals surface area contributed by atoms with Crippen LogP contribution in [-0.2, 0) is 0 Å². The molecule has 2 fully saturated rings. The second-order valence-corrected chi connectivity index (χ2v) is 15.3. The van der Waals surface area contributed by atoms with Gasteiger partial charge in [-0.3, -0.25) is 4.90 Å². The summed E-state index contributed by atoms with van der Waals surface area (Å²) in [5, 5.41) is 10.3. The van der Waals surface area contributed by atoms with Crippen LogP contribution < -0.4 is 0 Å². The van der Waals surface area contributed by atoms with Gasteiger partial charge in [-0.15, -0.1) is 0 Å². The first-order chi connectivity index (χ1) is 19.3. The van der Waals surface area contributed by atoms with Crippen molar-refractivity contribution in [2.45, 2.75) is 135 Å². The minimum Gasteiger partial charge on any atom is -0.296 e. The topological polar surface area (TPSA) is 39.4 Å². The summed E-state index contributed by atoms with van der Waals surface area (Å²) in [6.07, 6.45) is 26.6. The van der Waals surface area contributed by atoms with Gasteiger partial charge in [0.15, 0.2) is 0 Å². The number of nitriles is 1. The molecule has 0 radical (unpaired) electrons. The van der Waals surface area contributed by atoms with Crippen LogP contribution >= 0.6 is 11.9 Å². The first-order valence-corrected chi connectivity index (χ1v) is 17.1. The minimum absolute atomic E-state index is 0.127. The summed E-state index contributed by atoms with van der Waals surface area (Å²) in [6.45, 7) is 15.2. The highest BCUT2D eigenvalue weighted by atomic mass is 32.2. The molecule has 0 aromatic rings. The Labute approximate surface area is 250 Å². The number of allylic oxidation sites excluding steroid dienone is 5. The molecule has 2 saturated carbocycles. The Morgan fingerprint density at radius 2 is 1.80 bits per heavy atom. The van der Waals surface area contributed by atoms with Gasteiger partial charge in [-0.2, -0.15) is 5.26 Å². The Morgan fingerprint density at radius 1 is 1.12 bits per heavy atom. The van der Waals surface area contributed by atoms with Crippen LogP contribution in [0.3, 0.4) is 0 Å². The zero-order valence-electron chi connectivity index (χ0n) is 26.0. The van der Waals surface area contributed by atoms with Gasteiger partial charge in [0.1, 0.15) is 0 Å². The highest BCUT2D eigenvalue weighted by molar-refractivity contribution is 7.99. The molecule has 1 aliphatic heterocycles. The Bertz CT molecular complexity index is 1030. The molecule has 3 unspecified atom stereocenters. The fraction of sp³-hybridized carbons (Fsp3) is 0.722. The molecule has 220 valence electrons. The Morgan fingerprint density at radius 3 is 2.40 bits per heavy atom. The van der Waals surface area contributed by atoms with Gasteiger partial charge in [-0.25, -0.2) is 4.40 Å². The maximum absolute atomic E-state index is 10.3. The predicted molar refractivity (Wildman–Crippen MR) is 175 cm³/mol. The molecule has 4 heteroatoms. The zero-order chi connectivity index (χ0) is 28.5. The van der Waals surface area contributed by atoms with Crippen molar-refractivity contribution >= 4 is 18.7 Å². The lowest BCUT2D eigenvalue weighted by atomic mass is 9.80. The van der Waals surface area contributed by atoms with Crippen LogP contribution in [0.15, 0.2) is 50.5 Å². The summed E-state index contributed by atoms with van der Waals surface area (Å²) in [7, 11) is 0. The van der Waals surface area contributed by atoms with Crippen LogP contribution in [0.2, 0.25) is 0 Å². The molecule has 4 aliphatic rings. The molecule has 0 amide bonds. The van der Waals surface area contributed by atoms with E-state index >= 15 is 0 Å². The van der Waals surface area contributed by atoms with E-state index in [2.05, 4.69) is 68.0 Å². The molecule has 0 saturated heterocycles. The van der Waals surface area contributed by atoms with Crippen LogP contribution in [0.4, 0.5) is 0 Å². The molecule has 0 bridgehead atoms. The van der Waals surface area contributed by atoms with Gasteiger partial charge < -0.3 is 0 Å². The fourth-order valence-electron chi connectivity index (χ4n) is 8.07. The van der Waals surface area contributed by atoms with E-state index in [1.165, 1.54) is 99.5 Å². The van der Waals surface area contributed by atoms with Gasteiger partial charge in [0, 0.05) is 23.9 Å². The van der Waals surface area contributed by atoms with Crippen molar-refractivity contribution in [1.29, 1.82) is 5.26 Å². The normalized spacial score (nSPS) is 27.5. The molecule has 0 spiro atoms. The van der Waals surface area contributed by atoms with E-state index in [4.69, 9.17) is 0 Å². The SMILES string of the molecule is C=NSC(C)(CC1=CCC(C/C(C)=C(\C#N)C2=C(C)CC(C)N(CC3CCCCC3)C2)C=C1)CC1CCCCC1. The average Bonchev–Trinajstić information content (AvgIpc) is 2.94. The summed E-state index contributed by atoms with van der Waals surface area (Å²) in [4.78, 5) is 2.68. The van der Waals surface area contributed by atoms with Crippen molar-refractivity contribution in [3.05, 3.63) is 46.1 Å². The van der Waals surface area contributed by atoms with Crippen LogP contribution in [0.5, 0.6) is 0 Å². The van der Waals surface area contributed by atoms with E-state index in [1.807, 2.05) is 0 Å². The van der Waals surface area contributed by atoms with Gasteiger partial charge >= 0.3 is 0 Å². The summed E-state index contributed by atoms with van der Waals surface area (Å²) < 4.78 is 4.41. The highest BCUT2D eigenvalue weighted by Gasteiger charge is 2.32. The van der Waals surface area contributed by atoms with Crippen molar-refractivity contribution in [2.24, 2.45) is 22.2 Å². The summed E-state index contributed by atoms with van der Waals surface area (Å²) >= 11 is 1.70. The van der Waals surface area contributed by atoms with E-state index in [0.717, 1.165) is 49.6 Å². The lowest BCUT2D eigenvalue weighted by Crippen LogP contribution is -2.42. The van der Waals surface area contributed by atoms with Crippen LogP contribution in [-0.4, -0.2) is 35.5 Å². The third-order valence-electron chi connectivity index (χ3n) is 10.3. The molecule has 0 aromatic heterocycles. The van der Waals surface area contributed by atoms with E-state index < -0.39 is 0 Å².